The van der Waals surface area contributed by atoms with E-state index < -0.39 is 6.97 Å². The largest absolute Gasteiger partial charge is 0.737 e. The maximum atomic E-state index is 15.2. The molecular weight excluding hydrogens is 295 g/mol. The van der Waals surface area contributed by atoms with E-state index in [1.54, 1.807) is 24.4 Å². The van der Waals surface area contributed by atoms with E-state index >= 15 is 8.63 Å². The Labute approximate surface area is 133 Å². The maximum absolute atomic E-state index is 15.2. The smallest absolute Gasteiger partial charge is 0.389 e. The lowest BCUT2D eigenvalue weighted by molar-refractivity contribution is -0.356. The molecule has 0 unspecified atom stereocenters. The van der Waals surface area contributed by atoms with Crippen LogP contribution in [0.3, 0.4) is 0 Å². The van der Waals surface area contributed by atoms with Crippen molar-refractivity contribution in [3.63, 3.8) is 0 Å². The van der Waals surface area contributed by atoms with Crippen LogP contribution in [0.5, 0.6) is 0 Å². The van der Waals surface area contributed by atoms with Gasteiger partial charge in [-0.2, -0.15) is 0 Å². The normalized spacial score (nSPS) is 18.1. The summed E-state index contributed by atoms with van der Waals surface area (Å²) in [5.41, 5.74) is 3.53. The Hall–Kier alpha value is -2.37. The van der Waals surface area contributed by atoms with E-state index in [4.69, 9.17) is 0 Å². The molecule has 4 rings (SSSR count). The average Bonchev–Trinajstić information content (AvgIpc) is 3.26. The van der Waals surface area contributed by atoms with Gasteiger partial charge in [-0.05, 0) is 37.1 Å². The highest BCUT2D eigenvalue weighted by Gasteiger charge is 2.52. The molecule has 2 aromatic heterocycles. The SMILES string of the molecule is CCCCC1=C2C=CC=[N+]2[B-](F)(F)n2c1ccc2-c1ccc[nH]1. The third-order valence-corrected chi connectivity index (χ3v) is 4.62. The fourth-order valence-electron chi connectivity index (χ4n) is 3.52. The van der Waals surface area contributed by atoms with E-state index in [9.17, 15) is 0 Å². The van der Waals surface area contributed by atoms with Gasteiger partial charge in [-0.1, -0.05) is 13.3 Å². The highest BCUT2D eigenvalue weighted by atomic mass is 19.2. The molecular formula is C17H18BF2N3. The fraction of sp³-hybridized carbons (Fsp3) is 0.235. The minimum absolute atomic E-state index is 0.531. The first kappa shape index (κ1) is 14.2. The van der Waals surface area contributed by atoms with E-state index in [2.05, 4.69) is 11.9 Å². The number of allylic oxidation sites excluding steroid dienone is 3. The third kappa shape index (κ3) is 1.97. The molecule has 0 radical (unpaired) electrons. The first-order chi connectivity index (χ1) is 11.1. The molecule has 3 nitrogen and oxygen atoms in total. The quantitative estimate of drug-likeness (QED) is 0.815. The van der Waals surface area contributed by atoms with Gasteiger partial charge in [0.05, 0.1) is 5.69 Å². The zero-order valence-electron chi connectivity index (χ0n) is 13.0. The van der Waals surface area contributed by atoms with Crippen LogP contribution >= 0.6 is 0 Å². The van der Waals surface area contributed by atoms with Gasteiger partial charge in [0.2, 0.25) is 0 Å². The Morgan fingerprint density at radius 2 is 2.04 bits per heavy atom. The molecule has 0 spiro atoms. The molecule has 0 saturated carbocycles. The van der Waals surface area contributed by atoms with E-state index in [0.717, 1.165) is 29.3 Å². The summed E-state index contributed by atoms with van der Waals surface area (Å²) in [4.78, 5) is 3.04. The molecule has 0 aliphatic carbocycles. The van der Waals surface area contributed by atoms with Crippen LogP contribution in [0.1, 0.15) is 31.9 Å². The molecule has 0 aromatic carbocycles. The number of nitrogens with zero attached hydrogens (tertiary/aromatic N) is 2. The summed E-state index contributed by atoms with van der Waals surface area (Å²) in [6, 6.07) is 7.26. The highest BCUT2D eigenvalue weighted by Crippen LogP contribution is 2.40. The second kappa shape index (κ2) is 5.08. The summed E-state index contributed by atoms with van der Waals surface area (Å²) >= 11 is 0. The lowest BCUT2D eigenvalue weighted by Gasteiger charge is -2.32. The van der Waals surface area contributed by atoms with Crippen LogP contribution in [0.2, 0.25) is 0 Å². The summed E-state index contributed by atoms with van der Waals surface area (Å²) in [5, 5.41) is 0. The number of aromatic amines is 1. The third-order valence-electron chi connectivity index (χ3n) is 4.62. The van der Waals surface area contributed by atoms with Crippen molar-refractivity contribution in [2.24, 2.45) is 0 Å². The minimum Gasteiger partial charge on any atom is -0.389 e. The van der Waals surface area contributed by atoms with Gasteiger partial charge in [0, 0.05) is 35.3 Å². The van der Waals surface area contributed by atoms with Gasteiger partial charge < -0.3 is 22.6 Å². The van der Waals surface area contributed by atoms with Gasteiger partial charge in [0.25, 0.3) is 0 Å². The van der Waals surface area contributed by atoms with Crippen molar-refractivity contribution in [2.45, 2.75) is 26.2 Å². The molecule has 0 bridgehead atoms. The monoisotopic (exact) mass is 313 g/mol. The maximum Gasteiger partial charge on any atom is 0.737 e. The van der Waals surface area contributed by atoms with Crippen molar-refractivity contribution in [3.8, 4) is 11.4 Å². The zero-order valence-corrected chi connectivity index (χ0v) is 13.0. The van der Waals surface area contributed by atoms with Gasteiger partial charge in [0.1, 0.15) is 6.21 Å². The number of halogens is 2. The Morgan fingerprint density at radius 3 is 2.78 bits per heavy atom. The average molecular weight is 313 g/mol. The van der Waals surface area contributed by atoms with Crippen LogP contribution in [-0.4, -0.2) is 27.1 Å². The second-order valence-corrected chi connectivity index (χ2v) is 6.03. The van der Waals surface area contributed by atoms with Crippen LogP contribution < -0.4 is 0 Å². The van der Waals surface area contributed by atoms with E-state index in [-0.39, 0.29) is 0 Å². The number of hydrogen-bond donors (Lipinski definition) is 1. The predicted molar refractivity (Wildman–Crippen MR) is 89.5 cm³/mol. The lowest BCUT2D eigenvalue weighted by Crippen LogP contribution is -2.49. The lowest BCUT2D eigenvalue weighted by atomic mass is 9.86. The van der Waals surface area contributed by atoms with E-state index in [1.165, 1.54) is 10.7 Å². The van der Waals surface area contributed by atoms with Crippen molar-refractivity contribution >= 4 is 18.8 Å². The summed E-state index contributed by atoms with van der Waals surface area (Å²) < 4.78 is 32.7. The summed E-state index contributed by atoms with van der Waals surface area (Å²) in [7, 11) is 0. The Morgan fingerprint density at radius 1 is 1.22 bits per heavy atom. The molecule has 6 heteroatoms. The summed E-state index contributed by atoms with van der Waals surface area (Å²) in [5.74, 6) is 0. The van der Waals surface area contributed by atoms with E-state index in [1.807, 2.05) is 18.2 Å². The number of hydrogen-bond acceptors (Lipinski definition) is 0. The first-order valence-electron chi connectivity index (χ1n) is 8.05. The van der Waals surface area contributed by atoms with Crippen molar-refractivity contribution in [1.82, 2.24) is 9.46 Å². The molecule has 2 aromatic rings. The second-order valence-electron chi connectivity index (χ2n) is 6.03. The van der Waals surface area contributed by atoms with Gasteiger partial charge in [-0.3, -0.25) is 0 Å². The number of fused-ring (bicyclic) bond motifs is 2. The molecule has 0 fully saturated rings. The molecule has 0 saturated heterocycles. The van der Waals surface area contributed by atoms with Gasteiger partial charge in [-0.25, -0.2) is 0 Å². The van der Waals surface area contributed by atoms with Gasteiger partial charge >= 0.3 is 6.97 Å². The summed E-state index contributed by atoms with van der Waals surface area (Å²) in [6.07, 6.45) is 9.58. The van der Waals surface area contributed by atoms with Crippen LogP contribution in [0.25, 0.3) is 17.0 Å². The van der Waals surface area contributed by atoms with Crippen molar-refractivity contribution < 1.29 is 13.1 Å². The van der Waals surface area contributed by atoms with E-state index in [0.29, 0.717) is 22.8 Å². The van der Waals surface area contributed by atoms with Crippen LogP contribution in [0.15, 0.2) is 48.3 Å². The zero-order chi connectivity index (χ0) is 16.0. The number of unbranched alkanes of at least 4 members (excludes halogenated alkanes) is 1. The Kier molecular flexibility index (Phi) is 3.15. The Bertz CT molecular complexity index is 841. The molecule has 1 N–H and O–H groups in total. The fourth-order valence-corrected chi connectivity index (χ4v) is 3.52. The highest BCUT2D eigenvalue weighted by molar-refractivity contribution is 6.58. The number of nitrogens with one attached hydrogen (secondary N) is 1. The van der Waals surface area contributed by atoms with Crippen LogP contribution in [0.4, 0.5) is 8.63 Å². The standard InChI is InChI=1S/C17H18BF2N3/c1-2-3-6-13-15-8-5-12-22(15)18(19,20)23-16(13)9-10-17(23)14-7-4-11-21-14/h4-5,7-12,21H,2-3,6H2,1H3. The molecule has 0 atom stereocenters. The molecule has 118 valence electrons. The molecule has 2 aliphatic rings. The molecule has 2 aliphatic heterocycles. The molecule has 0 amide bonds. The van der Waals surface area contributed by atoms with Crippen LogP contribution in [-0.2, 0) is 0 Å². The number of H-pyrrole nitrogens is 1. The number of aromatic nitrogens is 2. The Balaban J connectivity index is 1.95. The summed E-state index contributed by atoms with van der Waals surface area (Å²) in [6.45, 7) is -1.77. The predicted octanol–water partition coefficient (Wildman–Crippen LogP) is 4.27. The van der Waals surface area contributed by atoms with Gasteiger partial charge in [-0.15, -0.1) is 0 Å². The molecule has 23 heavy (non-hydrogen) atoms. The van der Waals surface area contributed by atoms with Crippen molar-refractivity contribution in [2.75, 3.05) is 0 Å². The number of rotatable bonds is 4. The van der Waals surface area contributed by atoms with Crippen molar-refractivity contribution in [1.29, 1.82) is 0 Å². The van der Waals surface area contributed by atoms with Crippen molar-refractivity contribution in [3.05, 3.63) is 54.0 Å². The first-order valence-corrected chi connectivity index (χ1v) is 8.05. The molecule has 4 heterocycles. The van der Waals surface area contributed by atoms with Crippen LogP contribution in [0, 0.1) is 0 Å². The topological polar surface area (TPSA) is 23.7 Å². The minimum atomic E-state index is -3.88. The van der Waals surface area contributed by atoms with Gasteiger partial charge in [0.15, 0.2) is 5.70 Å².